The van der Waals surface area contributed by atoms with Crippen molar-refractivity contribution in [2.24, 2.45) is 0 Å². The second-order valence-electron chi connectivity index (χ2n) is 4.34. The van der Waals surface area contributed by atoms with E-state index in [1.54, 1.807) is 12.5 Å². The Balaban J connectivity index is 0.000000253. The Morgan fingerprint density at radius 1 is 0.727 bits per heavy atom. The molecule has 0 fully saturated rings. The predicted octanol–water partition coefficient (Wildman–Crippen LogP) is 3.75. The third-order valence-corrected chi connectivity index (χ3v) is 5.12. The average Bonchev–Trinajstić information content (AvgIpc) is 3.32. The van der Waals surface area contributed by atoms with Crippen LogP contribution in [0.1, 0.15) is 0 Å². The van der Waals surface area contributed by atoms with Crippen LogP contribution in [0.3, 0.4) is 0 Å². The summed E-state index contributed by atoms with van der Waals surface area (Å²) < 4.78 is 11.0. The molecule has 0 amide bonds. The van der Waals surface area contributed by atoms with Crippen molar-refractivity contribution in [2.75, 3.05) is 0 Å². The maximum atomic E-state index is 5.51. The topological polar surface area (TPSA) is 26.3 Å². The van der Waals surface area contributed by atoms with Gasteiger partial charge in [-0.05, 0) is 24.3 Å². The Hall–Kier alpha value is -1.79. The molecule has 112 valence electrons. The maximum absolute atomic E-state index is 5.51. The van der Waals surface area contributed by atoms with Crippen molar-refractivity contribution in [3.63, 3.8) is 0 Å². The molecular formula is C18H15FeO2P. The van der Waals surface area contributed by atoms with Crippen LogP contribution in [0.2, 0.25) is 0 Å². The molecule has 2 aromatic carbocycles. The summed E-state index contributed by atoms with van der Waals surface area (Å²) in [6.07, 6.45) is 3.41. The quantitative estimate of drug-likeness (QED) is 0.320. The normalized spacial score (nSPS) is 9.86. The van der Waals surface area contributed by atoms with Crippen molar-refractivity contribution in [1.82, 2.24) is 0 Å². The number of rotatable bonds is 3. The molecule has 0 aliphatic carbocycles. The summed E-state index contributed by atoms with van der Waals surface area (Å²) in [5.41, 5.74) is 1.94. The van der Waals surface area contributed by atoms with E-state index in [0.717, 1.165) is 11.0 Å². The molecule has 0 saturated heterocycles. The van der Waals surface area contributed by atoms with E-state index in [2.05, 4.69) is 12.1 Å². The second kappa shape index (κ2) is 8.60. The molecule has 2 nitrogen and oxygen atoms in total. The van der Waals surface area contributed by atoms with Gasteiger partial charge in [-0.2, -0.15) is 30.3 Å². The minimum atomic E-state index is -0.668. The van der Waals surface area contributed by atoms with Crippen LogP contribution in [0, 0.1) is 0 Å². The smallest absolute Gasteiger partial charge is 0.464 e. The molecule has 0 N–H and O–H groups in total. The van der Waals surface area contributed by atoms with Crippen LogP contribution < -0.4 is 16.3 Å². The van der Waals surface area contributed by atoms with Gasteiger partial charge in [0.05, 0.1) is 12.5 Å². The summed E-state index contributed by atoms with van der Waals surface area (Å²) in [5, 5.41) is 1.25. The summed E-state index contributed by atoms with van der Waals surface area (Å²) >= 11 is 0. The summed E-state index contributed by atoms with van der Waals surface area (Å²) in [6.45, 7) is 0. The van der Waals surface area contributed by atoms with Gasteiger partial charge in [-0.15, -0.1) is 5.30 Å². The zero-order valence-corrected chi connectivity index (χ0v) is 13.8. The van der Waals surface area contributed by atoms with Gasteiger partial charge in [-0.25, -0.2) is 24.3 Å². The van der Waals surface area contributed by atoms with Crippen LogP contribution >= 0.6 is 7.92 Å². The van der Waals surface area contributed by atoms with Crippen LogP contribution in [-0.4, -0.2) is 0 Å². The largest absolute Gasteiger partial charge is 2.00 e. The molecule has 4 heteroatoms. The number of hydrogen-bond acceptors (Lipinski definition) is 2. The van der Waals surface area contributed by atoms with E-state index in [9.17, 15) is 0 Å². The van der Waals surface area contributed by atoms with Gasteiger partial charge in [-0.3, -0.25) is 0 Å². The molecule has 2 heterocycles. The monoisotopic (exact) mass is 350 g/mol. The summed E-state index contributed by atoms with van der Waals surface area (Å²) in [6, 6.07) is 26.1. The van der Waals surface area contributed by atoms with Crippen molar-refractivity contribution in [3.8, 4) is 0 Å². The number of furan rings is 2. The van der Waals surface area contributed by atoms with Gasteiger partial charge in [0.15, 0.2) is 0 Å². The van der Waals surface area contributed by atoms with Crippen LogP contribution in [-0.2, 0) is 17.1 Å². The first kappa shape index (κ1) is 16.6. The van der Waals surface area contributed by atoms with Gasteiger partial charge in [0.2, 0.25) is 0 Å². The van der Waals surface area contributed by atoms with Crippen molar-refractivity contribution >= 4 is 24.2 Å². The van der Waals surface area contributed by atoms with Gasteiger partial charge in [0, 0.05) is 7.92 Å². The molecule has 0 radical (unpaired) electrons. The van der Waals surface area contributed by atoms with Crippen molar-refractivity contribution < 1.29 is 25.9 Å². The average molecular weight is 350 g/mol. The molecule has 4 aromatic rings. The zero-order chi connectivity index (χ0) is 14.3. The minimum Gasteiger partial charge on any atom is -0.464 e. The summed E-state index contributed by atoms with van der Waals surface area (Å²) in [4.78, 5) is 0. The first-order chi connectivity index (χ1) is 10.4. The Morgan fingerprint density at radius 2 is 1.36 bits per heavy atom. The fourth-order valence-electron chi connectivity index (χ4n) is 1.99. The van der Waals surface area contributed by atoms with Gasteiger partial charge >= 0.3 is 17.1 Å². The third kappa shape index (κ3) is 4.11. The molecule has 22 heavy (non-hydrogen) atoms. The van der Waals surface area contributed by atoms with E-state index in [1.165, 1.54) is 5.30 Å². The molecular weight excluding hydrogens is 335 g/mol. The Labute approximate surface area is 141 Å². The minimum absolute atomic E-state index is 0. The van der Waals surface area contributed by atoms with Crippen molar-refractivity contribution in [1.29, 1.82) is 0 Å². The Bertz CT molecular complexity index is 597. The standard InChI is InChI=1S/C13H10O2P.C5H5.Fe/c1-2-6-11(5-1)16(12-7-3-9-14-12)13-8-4-10-15-13;1-2-4-5-3-1;/h1-10H;1-5H;/q2*-1;+2. The molecule has 4 rings (SSSR count). The zero-order valence-electron chi connectivity index (χ0n) is 11.8. The van der Waals surface area contributed by atoms with E-state index in [-0.39, 0.29) is 17.1 Å². The molecule has 2 aromatic heterocycles. The van der Waals surface area contributed by atoms with E-state index in [4.69, 9.17) is 8.83 Å². The van der Waals surface area contributed by atoms with Crippen molar-refractivity contribution in [3.05, 3.63) is 91.4 Å². The van der Waals surface area contributed by atoms with Crippen LogP contribution in [0.15, 0.2) is 100 Å². The molecule has 0 atom stereocenters. The Morgan fingerprint density at radius 3 is 1.73 bits per heavy atom. The van der Waals surface area contributed by atoms with Gasteiger partial charge in [0.1, 0.15) is 11.0 Å². The molecule has 0 aliphatic heterocycles. The van der Waals surface area contributed by atoms with E-state index < -0.39 is 7.92 Å². The van der Waals surface area contributed by atoms with Crippen LogP contribution in [0.4, 0.5) is 0 Å². The molecule has 0 bridgehead atoms. The SMILES string of the molecule is [Fe+2].c1c[cH-]c(P(c2ccco2)c2ccco2)c1.c1cc[cH-]c1. The van der Waals surface area contributed by atoms with Crippen LogP contribution in [0.25, 0.3) is 0 Å². The predicted molar refractivity (Wildman–Crippen MR) is 87.3 cm³/mol. The molecule has 0 aliphatic rings. The maximum Gasteiger partial charge on any atom is 2.00 e. The van der Waals surface area contributed by atoms with Gasteiger partial charge in [0.25, 0.3) is 0 Å². The van der Waals surface area contributed by atoms with E-state index >= 15 is 0 Å². The second-order valence-corrected chi connectivity index (χ2v) is 6.41. The molecule has 0 saturated carbocycles. The van der Waals surface area contributed by atoms with E-state index in [1.807, 2.05) is 66.7 Å². The summed E-state index contributed by atoms with van der Waals surface area (Å²) in [5.74, 6) is 0. The van der Waals surface area contributed by atoms with Gasteiger partial charge < -0.3 is 8.83 Å². The Kier molecular flexibility index (Phi) is 6.48. The third-order valence-electron chi connectivity index (χ3n) is 2.91. The van der Waals surface area contributed by atoms with Crippen molar-refractivity contribution in [2.45, 2.75) is 0 Å². The fraction of sp³-hybridized carbons (Fsp3) is 0. The van der Waals surface area contributed by atoms with Gasteiger partial charge in [-0.1, -0.05) is 0 Å². The first-order valence-corrected chi connectivity index (χ1v) is 8.05. The first-order valence-electron chi connectivity index (χ1n) is 6.71. The van der Waals surface area contributed by atoms with E-state index in [0.29, 0.717) is 0 Å². The van der Waals surface area contributed by atoms with Crippen LogP contribution in [0.5, 0.6) is 0 Å². The fourth-order valence-corrected chi connectivity index (χ4v) is 3.99. The molecule has 0 unspecified atom stereocenters. The number of hydrogen-bond donors (Lipinski definition) is 0. The molecule has 0 spiro atoms. The summed E-state index contributed by atoms with van der Waals surface area (Å²) in [7, 11) is -0.668.